The molecule has 0 radical (unpaired) electrons. The summed E-state index contributed by atoms with van der Waals surface area (Å²) in [5.74, 6) is 0.101. The molecule has 0 aromatic carbocycles. The third kappa shape index (κ3) is 2.94. The summed E-state index contributed by atoms with van der Waals surface area (Å²) in [6.45, 7) is 0.515. The number of halogens is 1. The Morgan fingerprint density at radius 3 is 2.90 bits per heavy atom. The van der Waals surface area contributed by atoms with E-state index < -0.39 is 0 Å². The standard InChI is InChI=1S/C15H21ClN2O3/c1-20-12-13(16)17-10-18(14(12)19)9-11-5-8-15(21-11)6-3-2-4-7-15/h10-11H,2-9H2,1H3. The van der Waals surface area contributed by atoms with Crippen molar-refractivity contribution in [2.45, 2.75) is 63.2 Å². The van der Waals surface area contributed by atoms with Crippen LogP contribution in [0.2, 0.25) is 5.15 Å². The van der Waals surface area contributed by atoms with Gasteiger partial charge in [-0.1, -0.05) is 30.9 Å². The zero-order chi connectivity index (χ0) is 14.9. The minimum Gasteiger partial charge on any atom is -0.489 e. The predicted octanol–water partition coefficient (Wildman–Crippen LogP) is 2.79. The average Bonchev–Trinajstić information content (AvgIpc) is 2.86. The molecule has 1 unspecified atom stereocenters. The Labute approximate surface area is 129 Å². The first-order chi connectivity index (χ1) is 10.1. The Balaban J connectivity index is 1.72. The van der Waals surface area contributed by atoms with E-state index in [-0.39, 0.29) is 28.2 Å². The van der Waals surface area contributed by atoms with Crippen LogP contribution >= 0.6 is 11.6 Å². The second-order valence-corrected chi connectivity index (χ2v) is 6.41. The zero-order valence-corrected chi connectivity index (χ0v) is 13.1. The molecule has 3 rings (SSSR count). The van der Waals surface area contributed by atoms with Crippen LogP contribution in [-0.2, 0) is 11.3 Å². The van der Waals surface area contributed by atoms with Crippen LogP contribution in [0.3, 0.4) is 0 Å². The van der Waals surface area contributed by atoms with Crippen molar-refractivity contribution in [1.29, 1.82) is 0 Å². The van der Waals surface area contributed by atoms with Crippen molar-refractivity contribution in [3.8, 4) is 5.75 Å². The van der Waals surface area contributed by atoms with Gasteiger partial charge in [0, 0.05) is 0 Å². The molecule has 0 amide bonds. The molecule has 1 saturated carbocycles. The molecule has 1 spiro atoms. The Kier molecular flexibility index (Phi) is 4.22. The molecule has 0 N–H and O–H groups in total. The number of hydrogen-bond acceptors (Lipinski definition) is 4. The van der Waals surface area contributed by atoms with Gasteiger partial charge in [0.15, 0.2) is 5.15 Å². The van der Waals surface area contributed by atoms with E-state index in [2.05, 4.69) is 4.98 Å². The maximum absolute atomic E-state index is 12.2. The van der Waals surface area contributed by atoms with Crippen LogP contribution in [0.25, 0.3) is 0 Å². The summed E-state index contributed by atoms with van der Waals surface area (Å²) >= 11 is 5.85. The lowest BCUT2D eigenvalue weighted by Crippen LogP contribution is -2.34. The molecule has 1 aromatic heterocycles. The predicted molar refractivity (Wildman–Crippen MR) is 80.0 cm³/mol. The van der Waals surface area contributed by atoms with Crippen LogP contribution < -0.4 is 10.3 Å². The first kappa shape index (κ1) is 14.9. The highest BCUT2D eigenvalue weighted by Crippen LogP contribution is 2.42. The molecule has 116 valence electrons. The largest absolute Gasteiger partial charge is 0.489 e. The number of rotatable bonds is 3. The fourth-order valence-corrected chi connectivity index (χ4v) is 3.76. The van der Waals surface area contributed by atoms with Crippen LogP contribution in [0, 0.1) is 0 Å². The minimum absolute atomic E-state index is 0.0659. The fraction of sp³-hybridized carbons (Fsp3) is 0.733. The lowest BCUT2D eigenvalue weighted by molar-refractivity contribution is -0.0683. The van der Waals surface area contributed by atoms with Crippen molar-refractivity contribution in [3.05, 3.63) is 21.8 Å². The van der Waals surface area contributed by atoms with E-state index in [1.807, 2.05) is 0 Å². The van der Waals surface area contributed by atoms with Gasteiger partial charge >= 0.3 is 0 Å². The van der Waals surface area contributed by atoms with Gasteiger partial charge in [0.1, 0.15) is 0 Å². The second-order valence-electron chi connectivity index (χ2n) is 6.05. The van der Waals surface area contributed by atoms with Gasteiger partial charge in [-0.25, -0.2) is 4.98 Å². The molecule has 21 heavy (non-hydrogen) atoms. The molecule has 0 bridgehead atoms. The summed E-state index contributed by atoms with van der Waals surface area (Å²) in [7, 11) is 1.43. The van der Waals surface area contributed by atoms with Crippen LogP contribution in [0.4, 0.5) is 0 Å². The number of hydrogen-bond donors (Lipinski definition) is 0. The maximum Gasteiger partial charge on any atom is 0.297 e. The van der Waals surface area contributed by atoms with Gasteiger partial charge < -0.3 is 9.47 Å². The molecular weight excluding hydrogens is 292 g/mol. The van der Waals surface area contributed by atoms with Crippen molar-refractivity contribution >= 4 is 11.6 Å². The van der Waals surface area contributed by atoms with Crippen LogP contribution in [0.1, 0.15) is 44.9 Å². The highest BCUT2D eigenvalue weighted by atomic mass is 35.5. The monoisotopic (exact) mass is 312 g/mol. The van der Waals surface area contributed by atoms with Crippen molar-refractivity contribution in [2.24, 2.45) is 0 Å². The third-order valence-corrected chi connectivity index (χ3v) is 4.93. The quantitative estimate of drug-likeness (QED) is 0.805. The molecule has 6 heteroatoms. The summed E-state index contributed by atoms with van der Waals surface area (Å²) in [6.07, 6.45) is 9.78. The Morgan fingerprint density at radius 2 is 2.19 bits per heavy atom. The van der Waals surface area contributed by atoms with E-state index in [1.54, 1.807) is 0 Å². The molecule has 5 nitrogen and oxygen atoms in total. The molecule has 1 aliphatic heterocycles. The highest BCUT2D eigenvalue weighted by molar-refractivity contribution is 6.30. The van der Waals surface area contributed by atoms with Crippen molar-refractivity contribution in [1.82, 2.24) is 9.55 Å². The summed E-state index contributed by atoms with van der Waals surface area (Å²) < 4.78 is 12.9. The lowest BCUT2D eigenvalue weighted by atomic mass is 9.83. The van der Waals surface area contributed by atoms with Crippen molar-refractivity contribution in [3.63, 3.8) is 0 Å². The number of aromatic nitrogens is 2. The molecule has 2 fully saturated rings. The van der Waals surface area contributed by atoms with Crippen molar-refractivity contribution in [2.75, 3.05) is 7.11 Å². The van der Waals surface area contributed by atoms with E-state index in [1.165, 1.54) is 37.3 Å². The SMILES string of the molecule is COc1c(Cl)ncn(CC2CCC3(CCCCC3)O2)c1=O. The van der Waals surface area contributed by atoms with E-state index in [0.717, 1.165) is 25.7 Å². The molecule has 2 heterocycles. The van der Waals surface area contributed by atoms with Gasteiger partial charge in [-0.3, -0.25) is 9.36 Å². The number of nitrogens with zero attached hydrogens (tertiary/aromatic N) is 2. The Morgan fingerprint density at radius 1 is 1.43 bits per heavy atom. The summed E-state index contributed by atoms with van der Waals surface area (Å²) in [5.41, 5.74) is -0.179. The first-order valence-electron chi connectivity index (χ1n) is 7.60. The summed E-state index contributed by atoms with van der Waals surface area (Å²) in [5, 5.41) is 0.106. The van der Waals surface area contributed by atoms with Gasteiger partial charge in [0.05, 0.1) is 31.7 Å². The lowest BCUT2D eigenvalue weighted by Gasteiger charge is -2.33. The average molecular weight is 313 g/mol. The van der Waals surface area contributed by atoms with E-state index >= 15 is 0 Å². The van der Waals surface area contributed by atoms with Gasteiger partial charge in [0.25, 0.3) is 5.56 Å². The van der Waals surface area contributed by atoms with Crippen molar-refractivity contribution < 1.29 is 9.47 Å². The Bertz CT molecular complexity index is 567. The maximum atomic E-state index is 12.2. The summed E-state index contributed by atoms with van der Waals surface area (Å²) in [6, 6.07) is 0. The van der Waals surface area contributed by atoms with E-state index in [4.69, 9.17) is 21.1 Å². The normalized spacial score (nSPS) is 24.4. The number of methoxy groups -OCH3 is 1. The minimum atomic E-state index is -0.245. The van der Waals surface area contributed by atoms with E-state index in [0.29, 0.717) is 6.54 Å². The van der Waals surface area contributed by atoms with E-state index in [9.17, 15) is 4.79 Å². The highest BCUT2D eigenvalue weighted by Gasteiger charge is 2.40. The fourth-order valence-electron chi connectivity index (χ4n) is 3.56. The summed E-state index contributed by atoms with van der Waals surface area (Å²) in [4.78, 5) is 16.2. The molecule has 1 atom stereocenters. The second kappa shape index (κ2) is 5.97. The molecule has 1 aromatic rings. The smallest absolute Gasteiger partial charge is 0.297 e. The van der Waals surface area contributed by atoms with Crippen LogP contribution in [0.5, 0.6) is 5.75 Å². The molecule has 1 aliphatic carbocycles. The molecule has 1 saturated heterocycles. The van der Waals surface area contributed by atoms with Gasteiger partial charge in [-0.15, -0.1) is 0 Å². The van der Waals surface area contributed by atoms with Crippen LogP contribution in [0.15, 0.2) is 11.1 Å². The first-order valence-corrected chi connectivity index (χ1v) is 7.98. The van der Waals surface area contributed by atoms with Gasteiger partial charge in [-0.2, -0.15) is 0 Å². The van der Waals surface area contributed by atoms with Crippen LogP contribution in [-0.4, -0.2) is 28.4 Å². The third-order valence-electron chi connectivity index (χ3n) is 4.66. The van der Waals surface area contributed by atoms with Gasteiger partial charge in [-0.05, 0) is 25.7 Å². The topological polar surface area (TPSA) is 53.4 Å². The molecule has 2 aliphatic rings. The Hall–Kier alpha value is -1.07. The molecular formula is C15H21ClN2O3. The zero-order valence-electron chi connectivity index (χ0n) is 12.3. The number of ether oxygens (including phenoxy) is 2. The van der Waals surface area contributed by atoms with Gasteiger partial charge in [0.2, 0.25) is 5.75 Å².